The van der Waals surface area contributed by atoms with Crippen LogP contribution >= 0.6 is 11.3 Å². The Labute approximate surface area is 155 Å². The van der Waals surface area contributed by atoms with Crippen LogP contribution < -0.4 is 4.74 Å². The molecule has 0 saturated carbocycles. The zero-order chi connectivity index (χ0) is 18.8. The Morgan fingerprint density at radius 2 is 2.19 bits per heavy atom. The highest BCUT2D eigenvalue weighted by molar-refractivity contribution is 7.17. The molecule has 134 valence electrons. The van der Waals surface area contributed by atoms with Gasteiger partial charge >= 0.3 is 5.97 Å². The van der Waals surface area contributed by atoms with Gasteiger partial charge in [0.2, 0.25) is 5.88 Å². The number of nitriles is 1. The molecule has 0 radical (unpaired) electrons. The fourth-order valence-electron chi connectivity index (χ4n) is 2.80. The smallest absolute Gasteiger partial charge is 0.354 e. The number of benzene rings is 1. The third-order valence-corrected chi connectivity index (χ3v) is 5.07. The molecule has 2 aromatic heterocycles. The van der Waals surface area contributed by atoms with Crippen molar-refractivity contribution in [1.82, 2.24) is 9.55 Å². The Hall–Kier alpha value is -2.85. The van der Waals surface area contributed by atoms with Crippen LogP contribution in [0.5, 0.6) is 5.88 Å². The maximum atomic E-state index is 12.1. The van der Waals surface area contributed by atoms with Crippen molar-refractivity contribution in [3.8, 4) is 22.5 Å². The normalized spacial score (nSPS) is 10.9. The number of ether oxygens (including phenoxy) is 2. The van der Waals surface area contributed by atoms with E-state index < -0.39 is 5.97 Å². The van der Waals surface area contributed by atoms with Gasteiger partial charge in [-0.15, -0.1) is 11.3 Å². The molecule has 0 amide bonds. The van der Waals surface area contributed by atoms with Crippen molar-refractivity contribution in [2.24, 2.45) is 0 Å². The second-order valence-electron chi connectivity index (χ2n) is 5.97. The number of carbonyl (C=O) groups excluding carboxylic acids is 1. The second-order valence-corrected chi connectivity index (χ2v) is 6.96. The van der Waals surface area contributed by atoms with Crippen molar-refractivity contribution < 1.29 is 14.3 Å². The molecule has 0 aliphatic heterocycles. The number of methoxy groups -OCH3 is 1. The number of esters is 1. The Morgan fingerprint density at radius 1 is 1.42 bits per heavy atom. The standard InChI is InChI=1S/C19H19N3O3S/c1-5-25-19(23)16-17(24-4)21-18(26-16)12-6-7-15-14(8-12)13(9-20)10-22(15)11(2)3/h6-8,10-11H,5H2,1-4H3. The molecule has 3 aromatic rings. The Morgan fingerprint density at radius 3 is 2.81 bits per heavy atom. The largest absolute Gasteiger partial charge is 0.480 e. The van der Waals surface area contributed by atoms with Crippen LogP contribution in [0.4, 0.5) is 0 Å². The minimum atomic E-state index is -0.446. The number of hydrogen-bond donors (Lipinski definition) is 0. The van der Waals surface area contributed by atoms with Crippen LogP contribution in [0.1, 0.15) is 42.0 Å². The molecule has 0 fully saturated rings. The van der Waals surface area contributed by atoms with Crippen molar-refractivity contribution in [3.63, 3.8) is 0 Å². The molecule has 0 aliphatic rings. The predicted octanol–water partition coefficient (Wildman–Crippen LogP) is 4.40. The average molecular weight is 369 g/mol. The predicted molar refractivity (Wildman–Crippen MR) is 101 cm³/mol. The van der Waals surface area contributed by atoms with Crippen LogP contribution in [0, 0.1) is 11.3 Å². The maximum absolute atomic E-state index is 12.1. The van der Waals surface area contributed by atoms with Gasteiger partial charge in [0.15, 0.2) is 4.88 Å². The first-order valence-corrected chi connectivity index (χ1v) is 9.08. The molecule has 3 rings (SSSR count). The van der Waals surface area contributed by atoms with Crippen LogP contribution in [-0.4, -0.2) is 29.2 Å². The fraction of sp³-hybridized carbons (Fsp3) is 0.316. The maximum Gasteiger partial charge on any atom is 0.354 e. The summed E-state index contributed by atoms with van der Waals surface area (Å²) in [5.41, 5.74) is 2.44. The summed E-state index contributed by atoms with van der Waals surface area (Å²) in [7, 11) is 1.47. The van der Waals surface area contributed by atoms with Gasteiger partial charge in [0.1, 0.15) is 11.1 Å². The summed E-state index contributed by atoms with van der Waals surface area (Å²) in [6, 6.07) is 8.35. The molecule has 0 atom stereocenters. The zero-order valence-corrected chi connectivity index (χ0v) is 15.9. The third-order valence-electron chi connectivity index (χ3n) is 4.01. The van der Waals surface area contributed by atoms with Gasteiger partial charge in [-0.3, -0.25) is 0 Å². The van der Waals surface area contributed by atoms with Crippen LogP contribution in [0.15, 0.2) is 24.4 Å². The molecule has 1 aromatic carbocycles. The Balaban J connectivity index is 2.12. The van der Waals surface area contributed by atoms with Gasteiger partial charge in [-0.2, -0.15) is 5.26 Å². The summed E-state index contributed by atoms with van der Waals surface area (Å²) in [6.07, 6.45) is 1.87. The molecule has 26 heavy (non-hydrogen) atoms. The Kier molecular flexibility index (Phi) is 4.96. The van der Waals surface area contributed by atoms with Crippen molar-refractivity contribution in [2.45, 2.75) is 26.8 Å². The van der Waals surface area contributed by atoms with Gasteiger partial charge in [-0.05, 0) is 39.0 Å². The number of fused-ring (bicyclic) bond motifs is 1. The van der Waals surface area contributed by atoms with Crippen LogP contribution in [0.25, 0.3) is 21.5 Å². The summed E-state index contributed by atoms with van der Waals surface area (Å²) < 4.78 is 12.4. The van der Waals surface area contributed by atoms with Crippen LogP contribution in [-0.2, 0) is 4.74 Å². The molecule has 0 aliphatic carbocycles. The zero-order valence-electron chi connectivity index (χ0n) is 15.1. The van der Waals surface area contributed by atoms with E-state index in [1.807, 2.05) is 24.4 Å². The number of rotatable bonds is 5. The minimum absolute atomic E-state index is 0.251. The molecule has 0 N–H and O–H groups in total. The van der Waals surface area contributed by atoms with E-state index in [2.05, 4.69) is 29.5 Å². The van der Waals surface area contributed by atoms with Gasteiger partial charge in [-0.1, -0.05) is 0 Å². The van der Waals surface area contributed by atoms with Gasteiger partial charge in [0.25, 0.3) is 0 Å². The van der Waals surface area contributed by atoms with Gasteiger partial charge in [0, 0.05) is 28.7 Å². The van der Waals surface area contributed by atoms with Crippen LogP contribution in [0.2, 0.25) is 0 Å². The van der Waals surface area contributed by atoms with E-state index in [9.17, 15) is 10.1 Å². The lowest BCUT2D eigenvalue weighted by atomic mass is 10.1. The van der Waals surface area contributed by atoms with E-state index in [4.69, 9.17) is 9.47 Å². The highest BCUT2D eigenvalue weighted by atomic mass is 32.1. The summed E-state index contributed by atoms with van der Waals surface area (Å²) >= 11 is 1.22. The molecule has 2 heterocycles. The minimum Gasteiger partial charge on any atom is -0.480 e. The van der Waals surface area contributed by atoms with Crippen LogP contribution in [0.3, 0.4) is 0 Å². The monoisotopic (exact) mass is 369 g/mol. The van der Waals surface area contributed by atoms with E-state index in [0.717, 1.165) is 16.5 Å². The number of aromatic nitrogens is 2. The molecular formula is C19H19N3O3S. The van der Waals surface area contributed by atoms with Gasteiger partial charge < -0.3 is 14.0 Å². The van der Waals surface area contributed by atoms with E-state index in [1.54, 1.807) is 6.92 Å². The first kappa shape index (κ1) is 18.0. The molecule has 0 saturated heterocycles. The van der Waals surface area contributed by atoms with Crippen molar-refractivity contribution in [1.29, 1.82) is 5.26 Å². The summed E-state index contributed by atoms with van der Waals surface area (Å²) in [4.78, 5) is 16.8. The quantitative estimate of drug-likeness (QED) is 0.623. The van der Waals surface area contributed by atoms with Gasteiger partial charge in [-0.25, -0.2) is 9.78 Å². The Bertz CT molecular complexity index is 1010. The van der Waals surface area contributed by atoms with Crippen molar-refractivity contribution >= 4 is 28.2 Å². The van der Waals surface area contributed by atoms with Crippen molar-refractivity contribution in [2.75, 3.05) is 13.7 Å². The first-order valence-electron chi connectivity index (χ1n) is 8.27. The SMILES string of the molecule is CCOC(=O)c1sc(-c2ccc3c(c2)c(C#N)cn3C(C)C)nc1OC. The second kappa shape index (κ2) is 7.18. The summed E-state index contributed by atoms with van der Waals surface area (Å²) in [5, 5.41) is 11.0. The third kappa shape index (κ3) is 3.04. The van der Waals surface area contributed by atoms with E-state index in [-0.39, 0.29) is 18.5 Å². The van der Waals surface area contributed by atoms with E-state index >= 15 is 0 Å². The fourth-order valence-corrected chi connectivity index (χ4v) is 3.72. The van der Waals surface area contributed by atoms with E-state index in [0.29, 0.717) is 15.4 Å². The molecule has 7 heteroatoms. The number of nitrogens with zero attached hydrogens (tertiary/aromatic N) is 3. The molecule has 0 unspecified atom stereocenters. The first-order chi connectivity index (χ1) is 12.5. The van der Waals surface area contributed by atoms with Crippen molar-refractivity contribution in [3.05, 3.63) is 34.8 Å². The average Bonchev–Trinajstić information content (AvgIpc) is 3.22. The topological polar surface area (TPSA) is 77.1 Å². The summed E-state index contributed by atoms with van der Waals surface area (Å²) in [6.45, 7) is 6.19. The molecule has 0 bridgehead atoms. The lowest BCUT2D eigenvalue weighted by molar-refractivity contribution is 0.0528. The lowest BCUT2D eigenvalue weighted by Crippen LogP contribution is -2.04. The number of carbonyl (C=O) groups is 1. The summed E-state index contributed by atoms with van der Waals surface area (Å²) in [5.74, 6) is -0.193. The number of hydrogen-bond acceptors (Lipinski definition) is 6. The molecule has 0 spiro atoms. The highest BCUT2D eigenvalue weighted by Gasteiger charge is 2.21. The van der Waals surface area contributed by atoms with Gasteiger partial charge in [0.05, 0.1) is 19.3 Å². The molecule has 6 nitrogen and oxygen atoms in total. The molecular weight excluding hydrogens is 350 g/mol. The van der Waals surface area contributed by atoms with E-state index in [1.165, 1.54) is 18.4 Å². The number of thiazole rings is 1. The highest BCUT2D eigenvalue weighted by Crippen LogP contribution is 2.35. The lowest BCUT2D eigenvalue weighted by Gasteiger charge is -2.09.